The van der Waals surface area contributed by atoms with E-state index in [-0.39, 0.29) is 0 Å². The van der Waals surface area contributed by atoms with Crippen LogP contribution in [0.15, 0.2) is 23.9 Å². The molecule has 1 aliphatic heterocycles. The lowest BCUT2D eigenvalue weighted by atomic mass is 9.97. The number of hydroxylamine groups is 2. The van der Waals surface area contributed by atoms with Gasteiger partial charge in [-0.3, -0.25) is 4.55 Å². The Morgan fingerprint density at radius 3 is 3.07 bits per heavy atom. The molecule has 0 amide bonds. The van der Waals surface area contributed by atoms with Gasteiger partial charge < -0.3 is 0 Å². The molecule has 1 N–H and O–H groups in total. The van der Waals surface area contributed by atoms with Crippen molar-refractivity contribution >= 4 is 10.4 Å². The Hall–Kier alpha value is -0.850. The summed E-state index contributed by atoms with van der Waals surface area (Å²) < 4.78 is 34.0. The summed E-state index contributed by atoms with van der Waals surface area (Å²) in [6, 6.07) is 0. The summed E-state index contributed by atoms with van der Waals surface area (Å²) in [6.07, 6.45) is 7.46. The molecule has 0 saturated carbocycles. The van der Waals surface area contributed by atoms with Crippen LogP contribution in [0.5, 0.6) is 0 Å². The van der Waals surface area contributed by atoms with E-state index in [1.807, 2.05) is 18.2 Å². The zero-order valence-corrected chi connectivity index (χ0v) is 8.27. The van der Waals surface area contributed by atoms with Gasteiger partial charge in [-0.1, -0.05) is 12.2 Å². The minimum atomic E-state index is -4.40. The predicted molar refractivity (Wildman–Crippen MR) is 49.3 cm³/mol. The van der Waals surface area contributed by atoms with Crippen LogP contribution in [-0.4, -0.2) is 24.6 Å². The highest BCUT2D eigenvalue weighted by Gasteiger charge is 2.31. The minimum Gasteiger partial charge on any atom is -0.262 e. The summed E-state index contributed by atoms with van der Waals surface area (Å²) in [6.45, 7) is 0.498. The van der Waals surface area contributed by atoms with E-state index in [0.29, 0.717) is 12.5 Å². The van der Waals surface area contributed by atoms with E-state index in [1.165, 1.54) is 5.06 Å². The lowest BCUT2D eigenvalue weighted by molar-refractivity contribution is -0.0113. The highest BCUT2D eigenvalue weighted by molar-refractivity contribution is 7.80. The fraction of sp³-hybridized carbons (Fsp3) is 0.500. The van der Waals surface area contributed by atoms with E-state index in [4.69, 9.17) is 4.55 Å². The molecule has 14 heavy (non-hydrogen) atoms. The minimum absolute atomic E-state index is 0.321. The fourth-order valence-corrected chi connectivity index (χ4v) is 2.20. The summed E-state index contributed by atoms with van der Waals surface area (Å²) in [5.41, 5.74) is 0.824. The van der Waals surface area contributed by atoms with E-state index in [0.717, 1.165) is 18.5 Å². The van der Waals surface area contributed by atoms with Crippen molar-refractivity contribution in [2.75, 3.05) is 6.54 Å². The van der Waals surface area contributed by atoms with Crippen molar-refractivity contribution in [1.29, 1.82) is 0 Å². The molecule has 78 valence electrons. The van der Waals surface area contributed by atoms with Crippen LogP contribution in [0.2, 0.25) is 0 Å². The maximum absolute atomic E-state index is 10.5. The van der Waals surface area contributed by atoms with E-state index in [2.05, 4.69) is 4.28 Å². The molecule has 0 radical (unpaired) electrons. The molecule has 0 aromatic rings. The molecule has 0 spiro atoms. The molecule has 1 atom stereocenters. The Morgan fingerprint density at radius 2 is 2.36 bits per heavy atom. The first-order valence-electron chi connectivity index (χ1n) is 4.37. The highest BCUT2D eigenvalue weighted by atomic mass is 32.3. The molecular formula is C8H11NO4S. The van der Waals surface area contributed by atoms with Crippen LogP contribution < -0.4 is 0 Å². The second kappa shape index (κ2) is 3.38. The van der Waals surface area contributed by atoms with Gasteiger partial charge in [0.25, 0.3) is 0 Å². The third-order valence-corrected chi connectivity index (χ3v) is 2.76. The molecule has 1 fully saturated rings. The van der Waals surface area contributed by atoms with Crippen molar-refractivity contribution in [2.45, 2.75) is 12.8 Å². The van der Waals surface area contributed by atoms with E-state index < -0.39 is 10.4 Å². The van der Waals surface area contributed by atoms with Gasteiger partial charge in [0.2, 0.25) is 0 Å². The number of allylic oxidation sites excluding steroid dienone is 4. The van der Waals surface area contributed by atoms with Crippen molar-refractivity contribution in [3.8, 4) is 0 Å². The maximum Gasteiger partial charge on any atom is 0.418 e. The molecular weight excluding hydrogens is 206 g/mol. The molecule has 0 aromatic heterocycles. The van der Waals surface area contributed by atoms with Crippen LogP contribution in [0, 0.1) is 5.92 Å². The number of rotatable bonds is 2. The SMILES string of the molecule is O=S(=O)(O)ON1CCC2CC=CC=C21. The Morgan fingerprint density at radius 1 is 1.57 bits per heavy atom. The van der Waals surface area contributed by atoms with Crippen LogP contribution in [0.1, 0.15) is 12.8 Å². The van der Waals surface area contributed by atoms with Crippen molar-refractivity contribution in [3.63, 3.8) is 0 Å². The average molecular weight is 217 g/mol. The van der Waals surface area contributed by atoms with Gasteiger partial charge in [-0.15, -0.1) is 4.28 Å². The van der Waals surface area contributed by atoms with Crippen molar-refractivity contribution in [2.24, 2.45) is 5.92 Å². The third-order valence-electron chi connectivity index (χ3n) is 2.39. The van der Waals surface area contributed by atoms with Gasteiger partial charge in [0.05, 0.1) is 0 Å². The Balaban J connectivity index is 2.15. The lowest BCUT2D eigenvalue weighted by Gasteiger charge is -2.19. The molecule has 0 bridgehead atoms. The van der Waals surface area contributed by atoms with Crippen LogP contribution in [0.25, 0.3) is 0 Å². The monoisotopic (exact) mass is 217 g/mol. The largest absolute Gasteiger partial charge is 0.418 e. The topological polar surface area (TPSA) is 66.8 Å². The molecule has 0 aromatic carbocycles. The number of fused-ring (bicyclic) bond motifs is 1. The molecule has 1 saturated heterocycles. The second-order valence-corrected chi connectivity index (χ2v) is 4.35. The highest BCUT2D eigenvalue weighted by Crippen LogP contribution is 2.33. The van der Waals surface area contributed by atoms with Crippen LogP contribution >= 0.6 is 0 Å². The van der Waals surface area contributed by atoms with Gasteiger partial charge in [0.1, 0.15) is 0 Å². The Labute approximate surface area is 82.6 Å². The first-order valence-corrected chi connectivity index (χ1v) is 5.74. The summed E-state index contributed by atoms with van der Waals surface area (Å²) in [7, 11) is -4.40. The van der Waals surface area contributed by atoms with Gasteiger partial charge in [-0.2, -0.15) is 8.42 Å². The number of hydrogen-bond donors (Lipinski definition) is 1. The third kappa shape index (κ3) is 1.97. The summed E-state index contributed by atoms with van der Waals surface area (Å²) in [5, 5.41) is 1.24. The lowest BCUT2D eigenvalue weighted by Crippen LogP contribution is -2.23. The van der Waals surface area contributed by atoms with Gasteiger partial charge >= 0.3 is 10.4 Å². The Kier molecular flexibility index (Phi) is 2.34. The summed E-state index contributed by atoms with van der Waals surface area (Å²) in [5.74, 6) is 0.321. The first-order chi connectivity index (χ1) is 6.56. The molecule has 5 nitrogen and oxygen atoms in total. The number of hydrogen-bond acceptors (Lipinski definition) is 4. The van der Waals surface area contributed by atoms with Gasteiger partial charge in [-0.05, 0) is 18.9 Å². The maximum atomic E-state index is 10.5. The smallest absolute Gasteiger partial charge is 0.262 e. The van der Waals surface area contributed by atoms with Gasteiger partial charge in [-0.25, -0.2) is 5.06 Å². The first kappa shape index (κ1) is 9.70. The number of nitrogens with zero attached hydrogens (tertiary/aromatic N) is 1. The van der Waals surface area contributed by atoms with Crippen molar-refractivity contribution < 1.29 is 17.3 Å². The van der Waals surface area contributed by atoms with Crippen molar-refractivity contribution in [1.82, 2.24) is 5.06 Å². The zero-order valence-electron chi connectivity index (χ0n) is 7.46. The average Bonchev–Trinajstić information content (AvgIpc) is 2.47. The Bertz CT molecular complexity index is 384. The van der Waals surface area contributed by atoms with Crippen molar-refractivity contribution in [3.05, 3.63) is 23.9 Å². The molecule has 1 aliphatic carbocycles. The van der Waals surface area contributed by atoms with Crippen LogP contribution in [-0.2, 0) is 14.7 Å². The standard InChI is InChI=1S/C8H11NO4S/c10-14(11,12)13-9-6-5-7-3-1-2-4-8(7)9/h1-2,4,7H,3,5-6H2,(H,10,11,12). The quantitative estimate of drug-likeness (QED) is 0.696. The molecule has 1 heterocycles. The van der Waals surface area contributed by atoms with E-state index in [1.54, 1.807) is 0 Å². The molecule has 2 aliphatic rings. The zero-order chi connectivity index (χ0) is 10.2. The van der Waals surface area contributed by atoms with Gasteiger partial charge in [0, 0.05) is 18.2 Å². The molecule has 6 heteroatoms. The van der Waals surface area contributed by atoms with Crippen LogP contribution in [0.4, 0.5) is 0 Å². The predicted octanol–water partition coefficient (Wildman–Crippen LogP) is 0.887. The van der Waals surface area contributed by atoms with Crippen LogP contribution in [0.3, 0.4) is 0 Å². The van der Waals surface area contributed by atoms with Gasteiger partial charge in [0.15, 0.2) is 0 Å². The normalized spacial score (nSPS) is 26.2. The second-order valence-electron chi connectivity index (χ2n) is 3.35. The summed E-state index contributed by atoms with van der Waals surface area (Å²) >= 11 is 0. The fourth-order valence-electron chi connectivity index (χ4n) is 1.81. The van der Waals surface area contributed by atoms with E-state index >= 15 is 0 Å². The molecule has 1 unspecified atom stereocenters. The summed E-state index contributed by atoms with van der Waals surface area (Å²) in [4.78, 5) is 0. The van der Waals surface area contributed by atoms with E-state index in [9.17, 15) is 8.42 Å². The molecule has 2 rings (SSSR count).